The van der Waals surface area contributed by atoms with Crippen molar-refractivity contribution in [2.45, 2.75) is 29.3 Å². The van der Waals surface area contributed by atoms with Crippen LogP contribution in [-0.4, -0.2) is 14.8 Å². The summed E-state index contributed by atoms with van der Waals surface area (Å²) in [6, 6.07) is 16.8. The lowest BCUT2D eigenvalue weighted by Gasteiger charge is -2.18. The summed E-state index contributed by atoms with van der Waals surface area (Å²) < 4.78 is 23.2. The maximum absolute atomic E-state index is 14.0. The van der Waals surface area contributed by atoms with E-state index in [4.69, 9.17) is 21.1 Å². The lowest BCUT2D eigenvalue weighted by atomic mass is 10.1. The summed E-state index contributed by atoms with van der Waals surface area (Å²) in [7, 11) is 0. The molecule has 0 aliphatic heterocycles. The molecular formula is C21H20Br2ClFO3. The van der Waals surface area contributed by atoms with Crippen LogP contribution >= 0.6 is 43.5 Å². The van der Waals surface area contributed by atoms with Crippen LogP contribution in [0.5, 0.6) is 11.5 Å². The Hall–Kier alpha value is -1.11. The number of para-hydroxylation sites is 1. The van der Waals surface area contributed by atoms with Gasteiger partial charge in [0.2, 0.25) is 4.04 Å². The van der Waals surface area contributed by atoms with Crippen LogP contribution in [0.3, 0.4) is 0 Å². The molecular weight excluding hydrogens is 514 g/mol. The van der Waals surface area contributed by atoms with Gasteiger partial charge >= 0.3 is 5.97 Å². The summed E-state index contributed by atoms with van der Waals surface area (Å²) in [4.78, 5) is 11.8. The Bertz CT molecular complexity index is 839. The Kier molecular flexibility index (Phi) is 6.42. The molecule has 0 heterocycles. The topological polar surface area (TPSA) is 35.5 Å². The van der Waals surface area contributed by atoms with Crippen molar-refractivity contribution in [1.82, 2.24) is 0 Å². The largest absolute Gasteiger partial charge is 0.461 e. The standard InChI is InChI=1S/C21H20Br2ClFO3/c1-20(2)16(18(22)21(23,24)25)17(20)19(26)27-12-13-7-6-10-15(11-13)28-14-8-4-3-5-9-14/h3-11,16-18H,12H2,1-2H3/t16-,17+,18+,21+/m1/s1. The highest BCUT2D eigenvalue weighted by Crippen LogP contribution is 2.65. The van der Waals surface area contributed by atoms with Gasteiger partial charge in [-0.2, -0.15) is 0 Å². The van der Waals surface area contributed by atoms with Gasteiger partial charge in [0, 0.05) is 0 Å². The molecule has 0 saturated heterocycles. The van der Waals surface area contributed by atoms with Gasteiger partial charge in [0.05, 0.1) is 10.7 Å². The molecule has 0 N–H and O–H groups in total. The molecule has 7 heteroatoms. The average molecular weight is 535 g/mol. The van der Waals surface area contributed by atoms with E-state index in [1.165, 1.54) is 0 Å². The molecule has 2 aromatic carbocycles. The van der Waals surface area contributed by atoms with Gasteiger partial charge in [-0.3, -0.25) is 4.79 Å². The molecule has 1 saturated carbocycles. The SMILES string of the molecule is CC1(C)[C@@H]([C@H](Br)[C@@](F)(Cl)Br)[C@H]1C(=O)OCc1cccc(Oc2ccccc2)c1. The molecule has 0 spiro atoms. The predicted molar refractivity (Wildman–Crippen MR) is 115 cm³/mol. The number of halogens is 4. The summed E-state index contributed by atoms with van der Waals surface area (Å²) in [5.74, 6) is 0.339. The lowest BCUT2D eigenvalue weighted by Crippen LogP contribution is -2.24. The molecule has 2 aromatic rings. The van der Waals surface area contributed by atoms with E-state index in [1.54, 1.807) is 0 Å². The Morgan fingerprint density at radius 1 is 1.21 bits per heavy atom. The van der Waals surface area contributed by atoms with Crippen molar-refractivity contribution in [3.63, 3.8) is 0 Å². The third-order valence-electron chi connectivity index (χ3n) is 5.05. The molecule has 0 amide bonds. The van der Waals surface area contributed by atoms with Crippen LogP contribution in [-0.2, 0) is 16.1 Å². The first kappa shape index (κ1) is 21.6. The van der Waals surface area contributed by atoms with Crippen LogP contribution in [0.2, 0.25) is 0 Å². The number of carbonyl (C=O) groups is 1. The quantitative estimate of drug-likeness (QED) is 0.289. The first-order valence-corrected chi connectivity index (χ1v) is 10.9. The maximum Gasteiger partial charge on any atom is 0.310 e. The molecule has 1 fully saturated rings. The van der Waals surface area contributed by atoms with E-state index in [-0.39, 0.29) is 18.5 Å². The summed E-state index contributed by atoms with van der Waals surface area (Å²) in [6.45, 7) is 3.93. The Balaban J connectivity index is 1.60. The Labute approximate surface area is 185 Å². The van der Waals surface area contributed by atoms with Gasteiger partial charge in [-0.05, 0) is 57.1 Å². The van der Waals surface area contributed by atoms with Crippen molar-refractivity contribution >= 4 is 49.4 Å². The van der Waals surface area contributed by atoms with Crippen molar-refractivity contribution in [2.75, 3.05) is 0 Å². The lowest BCUT2D eigenvalue weighted by molar-refractivity contribution is -0.147. The minimum Gasteiger partial charge on any atom is -0.461 e. The number of alkyl halides is 4. The van der Waals surface area contributed by atoms with Crippen molar-refractivity contribution in [3.05, 3.63) is 60.2 Å². The molecule has 0 bridgehead atoms. The second kappa shape index (κ2) is 8.33. The van der Waals surface area contributed by atoms with E-state index in [9.17, 15) is 9.18 Å². The first-order valence-electron chi connectivity index (χ1n) is 8.80. The van der Waals surface area contributed by atoms with Gasteiger partial charge in [-0.25, -0.2) is 4.39 Å². The highest BCUT2D eigenvalue weighted by molar-refractivity contribution is 9.13. The van der Waals surface area contributed by atoms with Crippen LogP contribution in [0.25, 0.3) is 0 Å². The number of hydrogen-bond donors (Lipinski definition) is 0. The van der Waals surface area contributed by atoms with E-state index < -0.39 is 20.2 Å². The number of ether oxygens (including phenoxy) is 2. The zero-order valence-electron chi connectivity index (χ0n) is 15.4. The molecule has 0 unspecified atom stereocenters. The molecule has 1 aliphatic rings. The smallest absolute Gasteiger partial charge is 0.310 e. The van der Waals surface area contributed by atoms with Gasteiger partial charge in [0.1, 0.15) is 18.1 Å². The summed E-state index contributed by atoms with van der Waals surface area (Å²) in [5.41, 5.74) is 0.411. The number of benzene rings is 2. The Morgan fingerprint density at radius 2 is 1.86 bits per heavy atom. The molecule has 3 rings (SSSR count). The number of esters is 1. The van der Waals surface area contributed by atoms with E-state index in [0.29, 0.717) is 5.75 Å². The second-order valence-corrected chi connectivity index (χ2v) is 10.6. The minimum atomic E-state index is -2.12. The van der Waals surface area contributed by atoms with E-state index in [2.05, 4.69) is 31.9 Å². The van der Waals surface area contributed by atoms with Crippen LogP contribution < -0.4 is 4.74 Å². The van der Waals surface area contributed by atoms with Gasteiger partial charge in [-0.1, -0.05) is 71.7 Å². The first-order chi connectivity index (χ1) is 13.1. The fourth-order valence-corrected chi connectivity index (χ4v) is 4.85. The van der Waals surface area contributed by atoms with Crippen LogP contribution in [0.1, 0.15) is 19.4 Å². The second-order valence-electron chi connectivity index (χ2n) is 7.44. The molecule has 0 aromatic heterocycles. The number of carbonyl (C=O) groups excluding carboxylic acids is 1. The van der Waals surface area contributed by atoms with Crippen molar-refractivity contribution in [3.8, 4) is 11.5 Å². The predicted octanol–water partition coefficient (Wildman–Crippen LogP) is 6.81. The van der Waals surface area contributed by atoms with Crippen LogP contribution in [0.4, 0.5) is 4.39 Å². The highest BCUT2D eigenvalue weighted by atomic mass is 79.9. The third-order valence-corrected chi connectivity index (χ3v) is 7.86. The van der Waals surface area contributed by atoms with Gasteiger partial charge in [0.25, 0.3) is 0 Å². The molecule has 0 radical (unpaired) electrons. The Morgan fingerprint density at radius 3 is 2.50 bits per heavy atom. The molecule has 1 aliphatic carbocycles. The van der Waals surface area contributed by atoms with E-state index in [0.717, 1.165) is 11.3 Å². The molecule has 28 heavy (non-hydrogen) atoms. The van der Waals surface area contributed by atoms with Crippen molar-refractivity contribution in [2.24, 2.45) is 17.3 Å². The van der Waals surface area contributed by atoms with Crippen LogP contribution in [0.15, 0.2) is 54.6 Å². The summed E-state index contributed by atoms with van der Waals surface area (Å²) >= 11 is 11.8. The minimum absolute atomic E-state index is 0.118. The number of hydrogen-bond acceptors (Lipinski definition) is 3. The zero-order chi connectivity index (χ0) is 20.5. The van der Waals surface area contributed by atoms with E-state index in [1.807, 2.05) is 68.4 Å². The molecule has 150 valence electrons. The fourth-order valence-electron chi connectivity index (χ4n) is 3.45. The fraction of sp³-hybridized carbons (Fsp3) is 0.381. The summed E-state index contributed by atoms with van der Waals surface area (Å²) in [5, 5.41) is 0. The maximum atomic E-state index is 14.0. The van der Waals surface area contributed by atoms with E-state index >= 15 is 0 Å². The monoisotopic (exact) mass is 532 g/mol. The van der Waals surface area contributed by atoms with Gasteiger partial charge < -0.3 is 9.47 Å². The molecule has 4 atom stereocenters. The van der Waals surface area contributed by atoms with Crippen molar-refractivity contribution in [1.29, 1.82) is 0 Å². The third kappa shape index (κ3) is 4.89. The average Bonchev–Trinajstić information content (AvgIpc) is 3.21. The van der Waals surface area contributed by atoms with Crippen LogP contribution in [0, 0.1) is 17.3 Å². The normalized spacial score (nSPS) is 23.4. The highest BCUT2D eigenvalue weighted by Gasteiger charge is 2.68. The van der Waals surface area contributed by atoms with Gasteiger partial charge in [-0.15, -0.1) is 0 Å². The van der Waals surface area contributed by atoms with Crippen molar-refractivity contribution < 1.29 is 18.7 Å². The number of rotatable bonds is 7. The summed E-state index contributed by atoms with van der Waals surface area (Å²) in [6.07, 6.45) is 0. The van der Waals surface area contributed by atoms with Gasteiger partial charge in [0.15, 0.2) is 0 Å². The molecule has 3 nitrogen and oxygen atoms in total. The zero-order valence-corrected chi connectivity index (χ0v) is 19.3.